The number of nitrogens with one attached hydrogen (secondary N) is 2. The largest absolute Gasteiger partial charge is 0.497 e. The molecule has 0 saturated carbocycles. The number of hydrogen-bond acceptors (Lipinski definition) is 5. The maximum atomic E-state index is 13.3. The summed E-state index contributed by atoms with van der Waals surface area (Å²) < 4.78 is 18.4. The minimum atomic E-state index is -0.768. The number of nitrogens with two attached hydrogens (primary N) is 2. The number of imide groups is 1. The van der Waals surface area contributed by atoms with Crippen molar-refractivity contribution >= 4 is 18.0 Å². The highest BCUT2D eigenvalue weighted by atomic mass is 19.1. The highest BCUT2D eigenvalue weighted by molar-refractivity contribution is 5.96. The summed E-state index contributed by atoms with van der Waals surface area (Å²) in [4.78, 5) is 32.4. The Bertz CT molecular complexity index is 962. The lowest BCUT2D eigenvalue weighted by molar-refractivity contribution is 0.0840. The van der Waals surface area contributed by atoms with Crippen LogP contribution in [0.1, 0.15) is 11.1 Å². The second-order valence-corrected chi connectivity index (χ2v) is 7.08. The number of carbonyl (C=O) groups excluding carboxylic acids is 2. The molecule has 2 aromatic carbocycles. The van der Waals surface area contributed by atoms with E-state index in [1.807, 2.05) is 12.1 Å². The molecular formula is C21H26FN7O3. The van der Waals surface area contributed by atoms with Gasteiger partial charge in [-0.25, -0.2) is 18.9 Å². The van der Waals surface area contributed by atoms with Gasteiger partial charge < -0.3 is 21.5 Å². The van der Waals surface area contributed by atoms with Crippen LogP contribution in [0.4, 0.5) is 14.0 Å². The van der Waals surface area contributed by atoms with E-state index in [0.717, 1.165) is 10.5 Å². The van der Waals surface area contributed by atoms with Crippen LogP contribution in [0.2, 0.25) is 0 Å². The number of hydrogen-bond donors (Lipinski definition) is 4. The Balaban J connectivity index is 1.78. The summed E-state index contributed by atoms with van der Waals surface area (Å²) in [5.74, 6) is 0.252. The summed E-state index contributed by atoms with van der Waals surface area (Å²) >= 11 is 0. The lowest BCUT2D eigenvalue weighted by atomic mass is 10.2. The summed E-state index contributed by atoms with van der Waals surface area (Å²) in [7, 11) is 1.57. The smallest absolute Gasteiger partial charge is 0.331 e. The second-order valence-electron chi connectivity index (χ2n) is 7.08. The van der Waals surface area contributed by atoms with E-state index >= 15 is 0 Å². The zero-order valence-corrected chi connectivity index (χ0v) is 17.6. The van der Waals surface area contributed by atoms with Gasteiger partial charge in [-0.05, 0) is 35.4 Å². The summed E-state index contributed by atoms with van der Waals surface area (Å²) in [5.41, 5.74) is 12.1. The molecule has 0 bridgehead atoms. The highest BCUT2D eigenvalue weighted by Gasteiger charge is 2.38. The number of aliphatic imine (C=N–C) groups is 1. The molecule has 0 spiro atoms. The van der Waals surface area contributed by atoms with Crippen LogP contribution in [0, 0.1) is 5.82 Å². The van der Waals surface area contributed by atoms with Gasteiger partial charge in [0.15, 0.2) is 12.2 Å². The first kappa shape index (κ1) is 22.8. The van der Waals surface area contributed by atoms with Crippen LogP contribution in [0.3, 0.4) is 0 Å². The Kier molecular flexibility index (Phi) is 7.45. The predicted octanol–water partition coefficient (Wildman–Crippen LogP) is 1.13. The van der Waals surface area contributed by atoms with Crippen molar-refractivity contribution in [2.24, 2.45) is 16.5 Å². The number of ether oxygens (including phenoxy) is 1. The molecule has 1 atom stereocenters. The third-order valence-electron chi connectivity index (χ3n) is 4.80. The third kappa shape index (κ3) is 5.85. The Labute approximate surface area is 185 Å². The Morgan fingerprint density at radius 3 is 2.34 bits per heavy atom. The Morgan fingerprint density at radius 2 is 1.72 bits per heavy atom. The molecule has 2 aromatic rings. The Morgan fingerprint density at radius 1 is 1.09 bits per heavy atom. The summed E-state index contributed by atoms with van der Waals surface area (Å²) in [6.07, 6.45) is -0.768. The highest BCUT2D eigenvalue weighted by Crippen LogP contribution is 2.19. The van der Waals surface area contributed by atoms with Crippen LogP contribution < -0.4 is 26.8 Å². The molecule has 32 heavy (non-hydrogen) atoms. The van der Waals surface area contributed by atoms with Gasteiger partial charge in [-0.2, -0.15) is 0 Å². The summed E-state index contributed by atoms with van der Waals surface area (Å²) in [5, 5.41) is 5.86. The van der Waals surface area contributed by atoms with E-state index in [4.69, 9.17) is 16.2 Å². The zero-order chi connectivity index (χ0) is 23.1. The van der Waals surface area contributed by atoms with Crippen molar-refractivity contribution in [3.8, 4) is 5.75 Å². The van der Waals surface area contributed by atoms with Crippen LogP contribution >= 0.6 is 0 Å². The lowest BCUT2D eigenvalue weighted by Crippen LogP contribution is -2.68. The van der Waals surface area contributed by atoms with Crippen LogP contribution in [0.25, 0.3) is 0 Å². The molecule has 0 radical (unpaired) electrons. The standard InChI is InChI=1S/C21H26FN7O3/c1-32-17-8-4-15(5-9-17)12-28-19(26-11-10-25-18(23)24)27-20(30)29(21(28)31)13-14-2-6-16(22)7-3-14/h2-9,19,26H,10-13H2,1H3,(H,27,30)(H4,23,24,25). The first-order valence-electron chi connectivity index (χ1n) is 9.92. The van der Waals surface area contributed by atoms with E-state index in [-0.39, 0.29) is 25.6 Å². The van der Waals surface area contributed by atoms with Crippen LogP contribution in [-0.4, -0.2) is 54.3 Å². The molecule has 1 heterocycles. The summed E-state index contributed by atoms with van der Waals surface area (Å²) in [6, 6.07) is 11.8. The second kappa shape index (κ2) is 10.4. The van der Waals surface area contributed by atoms with Crippen molar-refractivity contribution in [3.05, 3.63) is 65.5 Å². The number of halogens is 1. The molecule has 170 valence electrons. The molecular weight excluding hydrogens is 417 g/mol. The molecule has 0 aromatic heterocycles. The van der Waals surface area contributed by atoms with Gasteiger partial charge in [-0.15, -0.1) is 0 Å². The van der Waals surface area contributed by atoms with Gasteiger partial charge in [0.05, 0.1) is 26.7 Å². The number of nitrogens with zero attached hydrogens (tertiary/aromatic N) is 3. The van der Waals surface area contributed by atoms with Gasteiger partial charge in [0.25, 0.3) is 0 Å². The molecule has 1 unspecified atom stereocenters. The normalized spacial score (nSPS) is 16.0. The van der Waals surface area contributed by atoms with Gasteiger partial charge in [-0.3, -0.25) is 15.2 Å². The number of methoxy groups -OCH3 is 1. The molecule has 11 heteroatoms. The fourth-order valence-corrected chi connectivity index (χ4v) is 3.17. The van der Waals surface area contributed by atoms with Gasteiger partial charge in [0.1, 0.15) is 11.6 Å². The molecule has 3 rings (SSSR count). The van der Waals surface area contributed by atoms with Gasteiger partial charge in [0.2, 0.25) is 0 Å². The van der Waals surface area contributed by atoms with Crippen LogP contribution in [0.5, 0.6) is 5.75 Å². The van der Waals surface area contributed by atoms with Crippen molar-refractivity contribution in [2.45, 2.75) is 19.4 Å². The van der Waals surface area contributed by atoms with Gasteiger partial charge >= 0.3 is 12.1 Å². The number of amides is 4. The SMILES string of the molecule is COc1ccc(CN2C(=O)N(Cc3ccc(F)cc3)C(=O)NC2NCCN=C(N)N)cc1. The topological polar surface area (TPSA) is 138 Å². The minimum absolute atomic E-state index is 0.00474. The van der Waals surface area contributed by atoms with Gasteiger partial charge in [-0.1, -0.05) is 24.3 Å². The molecule has 1 aliphatic heterocycles. The lowest BCUT2D eigenvalue weighted by Gasteiger charge is -2.41. The van der Waals surface area contributed by atoms with Gasteiger partial charge in [0, 0.05) is 6.54 Å². The van der Waals surface area contributed by atoms with Crippen molar-refractivity contribution in [1.82, 2.24) is 20.4 Å². The quantitative estimate of drug-likeness (QED) is 0.260. The fraction of sp³-hybridized carbons (Fsp3) is 0.286. The molecule has 0 aliphatic carbocycles. The molecule has 4 amide bonds. The molecule has 6 N–H and O–H groups in total. The first-order chi connectivity index (χ1) is 15.4. The molecule has 1 saturated heterocycles. The molecule has 1 fully saturated rings. The van der Waals surface area contributed by atoms with Crippen LogP contribution in [0.15, 0.2) is 53.5 Å². The zero-order valence-electron chi connectivity index (χ0n) is 17.6. The molecule has 1 aliphatic rings. The fourth-order valence-electron chi connectivity index (χ4n) is 3.17. The number of benzene rings is 2. The van der Waals surface area contributed by atoms with E-state index in [1.165, 1.54) is 29.2 Å². The number of carbonyl (C=O) groups is 2. The van der Waals surface area contributed by atoms with Crippen molar-refractivity contribution in [1.29, 1.82) is 0 Å². The predicted molar refractivity (Wildman–Crippen MR) is 117 cm³/mol. The maximum Gasteiger partial charge on any atom is 0.331 e. The average molecular weight is 443 g/mol. The van der Waals surface area contributed by atoms with Crippen LogP contribution in [-0.2, 0) is 13.1 Å². The average Bonchev–Trinajstić information content (AvgIpc) is 2.78. The monoisotopic (exact) mass is 443 g/mol. The van der Waals surface area contributed by atoms with E-state index in [0.29, 0.717) is 17.9 Å². The van der Waals surface area contributed by atoms with E-state index in [9.17, 15) is 14.0 Å². The number of guanidine groups is 1. The first-order valence-corrected chi connectivity index (χ1v) is 9.92. The molecule has 10 nitrogen and oxygen atoms in total. The number of urea groups is 2. The number of rotatable bonds is 9. The minimum Gasteiger partial charge on any atom is -0.497 e. The van der Waals surface area contributed by atoms with E-state index < -0.39 is 24.2 Å². The van der Waals surface area contributed by atoms with Crippen molar-refractivity contribution in [2.75, 3.05) is 20.2 Å². The maximum absolute atomic E-state index is 13.3. The third-order valence-corrected chi connectivity index (χ3v) is 4.80. The van der Waals surface area contributed by atoms with Crippen molar-refractivity contribution in [3.63, 3.8) is 0 Å². The van der Waals surface area contributed by atoms with Crippen molar-refractivity contribution < 1.29 is 18.7 Å². The van der Waals surface area contributed by atoms with E-state index in [2.05, 4.69) is 15.6 Å². The van der Waals surface area contributed by atoms with E-state index in [1.54, 1.807) is 19.2 Å². The Hall–Kier alpha value is -3.86. The summed E-state index contributed by atoms with van der Waals surface area (Å²) in [6.45, 7) is 0.833.